The van der Waals surface area contributed by atoms with E-state index in [1.165, 1.54) is 0 Å². The van der Waals surface area contributed by atoms with E-state index in [1.807, 2.05) is 13.0 Å². The highest BCUT2D eigenvalue weighted by Crippen LogP contribution is 2.11. The average Bonchev–Trinajstić information content (AvgIpc) is 2.89. The highest BCUT2D eigenvalue weighted by Gasteiger charge is 2.05. The summed E-state index contributed by atoms with van der Waals surface area (Å²) in [7, 11) is 1.66. The second-order valence-electron chi connectivity index (χ2n) is 3.85. The number of nitrogens with one attached hydrogen (secondary N) is 1. The molecule has 0 amide bonds. The molecule has 3 N–H and O–H groups in total. The van der Waals surface area contributed by atoms with Gasteiger partial charge in [0.1, 0.15) is 5.82 Å². The van der Waals surface area contributed by atoms with Gasteiger partial charge in [-0.05, 0) is 13.0 Å². The van der Waals surface area contributed by atoms with Crippen molar-refractivity contribution < 1.29 is 4.74 Å². The number of anilines is 2. The van der Waals surface area contributed by atoms with Crippen LogP contribution in [0.1, 0.15) is 6.92 Å². The SMILES string of the molecule is COC(C)CNc1cc(-n2cccn2)nc(N)n1. The van der Waals surface area contributed by atoms with Gasteiger partial charge in [0.15, 0.2) is 5.82 Å². The molecule has 0 aromatic carbocycles. The van der Waals surface area contributed by atoms with Crippen LogP contribution in [0.25, 0.3) is 5.82 Å². The minimum atomic E-state index is 0.0920. The predicted octanol–water partition coefficient (Wildman–Crippen LogP) is 0.691. The van der Waals surface area contributed by atoms with Gasteiger partial charge in [0.05, 0.1) is 6.10 Å². The normalized spacial score (nSPS) is 12.3. The first-order chi connectivity index (χ1) is 8.69. The molecule has 2 rings (SSSR count). The van der Waals surface area contributed by atoms with Gasteiger partial charge >= 0.3 is 0 Å². The third kappa shape index (κ3) is 2.95. The average molecular weight is 248 g/mol. The zero-order valence-corrected chi connectivity index (χ0v) is 10.4. The number of methoxy groups -OCH3 is 1. The third-order valence-electron chi connectivity index (χ3n) is 2.44. The van der Waals surface area contributed by atoms with Gasteiger partial charge in [0.25, 0.3) is 0 Å². The number of rotatable bonds is 5. The Balaban J connectivity index is 2.17. The van der Waals surface area contributed by atoms with E-state index in [4.69, 9.17) is 10.5 Å². The molecule has 0 aliphatic rings. The molecule has 96 valence electrons. The highest BCUT2D eigenvalue weighted by molar-refractivity contribution is 5.45. The Morgan fingerprint density at radius 3 is 3.00 bits per heavy atom. The van der Waals surface area contributed by atoms with Crippen molar-refractivity contribution in [3.05, 3.63) is 24.5 Å². The minimum Gasteiger partial charge on any atom is -0.380 e. The van der Waals surface area contributed by atoms with Crippen LogP contribution in [0.15, 0.2) is 24.5 Å². The summed E-state index contributed by atoms with van der Waals surface area (Å²) in [5.74, 6) is 1.48. The molecule has 7 heteroatoms. The Bertz CT molecular complexity index is 498. The van der Waals surface area contributed by atoms with Gasteiger partial charge in [-0.25, -0.2) is 4.68 Å². The quantitative estimate of drug-likeness (QED) is 0.809. The van der Waals surface area contributed by atoms with Gasteiger partial charge in [-0.3, -0.25) is 0 Å². The highest BCUT2D eigenvalue weighted by atomic mass is 16.5. The number of nitrogen functional groups attached to an aromatic ring is 1. The minimum absolute atomic E-state index is 0.0920. The summed E-state index contributed by atoms with van der Waals surface area (Å²) >= 11 is 0. The number of hydrogen-bond acceptors (Lipinski definition) is 6. The van der Waals surface area contributed by atoms with Crippen molar-refractivity contribution in [2.75, 3.05) is 24.7 Å². The fourth-order valence-electron chi connectivity index (χ4n) is 1.40. The molecule has 0 saturated carbocycles. The maximum Gasteiger partial charge on any atom is 0.224 e. The van der Waals surface area contributed by atoms with Crippen LogP contribution >= 0.6 is 0 Å². The van der Waals surface area contributed by atoms with Crippen molar-refractivity contribution in [3.8, 4) is 5.82 Å². The lowest BCUT2D eigenvalue weighted by molar-refractivity contribution is 0.128. The first-order valence-corrected chi connectivity index (χ1v) is 5.60. The Kier molecular flexibility index (Phi) is 3.73. The molecule has 0 aliphatic carbocycles. The van der Waals surface area contributed by atoms with Gasteiger partial charge in [-0.15, -0.1) is 0 Å². The van der Waals surface area contributed by atoms with Crippen LogP contribution in [-0.2, 0) is 4.74 Å². The molecule has 7 nitrogen and oxygen atoms in total. The molecule has 18 heavy (non-hydrogen) atoms. The summed E-state index contributed by atoms with van der Waals surface area (Å²) in [4.78, 5) is 8.23. The van der Waals surface area contributed by atoms with Crippen LogP contribution in [0.4, 0.5) is 11.8 Å². The molecule has 0 saturated heterocycles. The van der Waals surface area contributed by atoms with E-state index in [0.29, 0.717) is 18.2 Å². The van der Waals surface area contributed by atoms with Crippen molar-refractivity contribution >= 4 is 11.8 Å². The monoisotopic (exact) mass is 248 g/mol. The number of hydrogen-bond donors (Lipinski definition) is 2. The summed E-state index contributed by atoms with van der Waals surface area (Å²) in [6.07, 6.45) is 3.57. The summed E-state index contributed by atoms with van der Waals surface area (Å²) in [6, 6.07) is 3.60. The molecule has 1 unspecified atom stereocenters. The van der Waals surface area contributed by atoms with Crippen LogP contribution in [-0.4, -0.2) is 39.5 Å². The molecule has 2 heterocycles. The molecule has 0 aliphatic heterocycles. The largest absolute Gasteiger partial charge is 0.380 e. The van der Waals surface area contributed by atoms with Crippen LogP contribution < -0.4 is 11.1 Å². The number of nitrogens with zero attached hydrogens (tertiary/aromatic N) is 4. The molecule has 0 spiro atoms. The Hall–Kier alpha value is -2.15. The van der Waals surface area contributed by atoms with Crippen molar-refractivity contribution in [1.29, 1.82) is 0 Å². The predicted molar refractivity (Wildman–Crippen MR) is 68.5 cm³/mol. The van der Waals surface area contributed by atoms with Crippen molar-refractivity contribution in [1.82, 2.24) is 19.7 Å². The molecule has 2 aromatic rings. The second kappa shape index (κ2) is 5.46. The molecule has 0 bridgehead atoms. The van der Waals surface area contributed by atoms with Crippen LogP contribution in [0.2, 0.25) is 0 Å². The van der Waals surface area contributed by atoms with E-state index in [-0.39, 0.29) is 12.1 Å². The standard InChI is InChI=1S/C11H16N6O/c1-8(18-2)7-13-9-6-10(16-11(12)15-9)17-5-3-4-14-17/h3-6,8H,7H2,1-2H3,(H3,12,13,15,16). The zero-order valence-electron chi connectivity index (χ0n) is 10.4. The fourth-order valence-corrected chi connectivity index (χ4v) is 1.40. The van der Waals surface area contributed by atoms with Gasteiger partial charge in [-0.2, -0.15) is 15.1 Å². The first-order valence-electron chi connectivity index (χ1n) is 5.60. The molecular formula is C11H16N6O. The van der Waals surface area contributed by atoms with E-state index >= 15 is 0 Å². The van der Waals surface area contributed by atoms with Gasteiger partial charge in [0, 0.05) is 32.1 Å². The molecular weight excluding hydrogens is 232 g/mol. The van der Waals surface area contributed by atoms with E-state index in [9.17, 15) is 0 Å². The van der Waals surface area contributed by atoms with Crippen LogP contribution in [0.3, 0.4) is 0 Å². The second-order valence-corrected chi connectivity index (χ2v) is 3.85. The lowest BCUT2D eigenvalue weighted by Crippen LogP contribution is -2.19. The summed E-state index contributed by atoms with van der Waals surface area (Å²) in [5, 5.41) is 7.24. The van der Waals surface area contributed by atoms with Gasteiger partial charge in [-0.1, -0.05) is 0 Å². The molecule has 1 atom stereocenters. The lowest BCUT2D eigenvalue weighted by Gasteiger charge is -2.12. The van der Waals surface area contributed by atoms with E-state index in [1.54, 1.807) is 30.3 Å². The third-order valence-corrected chi connectivity index (χ3v) is 2.44. The number of nitrogens with two attached hydrogens (primary N) is 1. The number of aromatic nitrogens is 4. The van der Waals surface area contributed by atoms with Gasteiger partial charge < -0.3 is 15.8 Å². The molecule has 2 aromatic heterocycles. The first kappa shape index (κ1) is 12.3. The smallest absolute Gasteiger partial charge is 0.224 e. The summed E-state index contributed by atoms with van der Waals surface area (Å²) in [5.41, 5.74) is 5.67. The van der Waals surface area contributed by atoms with Crippen LogP contribution in [0.5, 0.6) is 0 Å². The summed E-state index contributed by atoms with van der Waals surface area (Å²) < 4.78 is 6.78. The fraction of sp³-hybridized carbons (Fsp3) is 0.364. The van der Waals surface area contributed by atoms with Crippen molar-refractivity contribution in [2.24, 2.45) is 0 Å². The Morgan fingerprint density at radius 1 is 1.50 bits per heavy atom. The van der Waals surface area contributed by atoms with E-state index in [0.717, 1.165) is 0 Å². The zero-order chi connectivity index (χ0) is 13.0. The lowest BCUT2D eigenvalue weighted by atomic mass is 10.4. The maximum absolute atomic E-state index is 5.67. The van der Waals surface area contributed by atoms with E-state index < -0.39 is 0 Å². The van der Waals surface area contributed by atoms with Gasteiger partial charge in [0.2, 0.25) is 5.95 Å². The summed E-state index contributed by atoms with van der Waals surface area (Å²) in [6.45, 7) is 2.61. The van der Waals surface area contributed by atoms with Crippen molar-refractivity contribution in [3.63, 3.8) is 0 Å². The topological polar surface area (TPSA) is 90.9 Å². The van der Waals surface area contributed by atoms with Crippen molar-refractivity contribution in [2.45, 2.75) is 13.0 Å². The molecule has 0 fully saturated rings. The Morgan fingerprint density at radius 2 is 2.33 bits per heavy atom. The van der Waals surface area contributed by atoms with E-state index in [2.05, 4.69) is 20.4 Å². The maximum atomic E-state index is 5.67. The number of ether oxygens (including phenoxy) is 1. The molecule has 0 radical (unpaired) electrons. The van der Waals surface area contributed by atoms with Crippen LogP contribution in [0, 0.1) is 0 Å². The Labute approximate surface area is 105 Å².